The summed E-state index contributed by atoms with van der Waals surface area (Å²) in [7, 11) is 3.33. The van der Waals surface area contributed by atoms with Crippen LogP contribution >= 0.6 is 0 Å². The van der Waals surface area contributed by atoms with Gasteiger partial charge in [0.1, 0.15) is 18.1 Å². The summed E-state index contributed by atoms with van der Waals surface area (Å²) < 4.78 is 40.5. The molecule has 3 aromatic heterocycles. The Morgan fingerprint density at radius 2 is 1.89 bits per heavy atom. The normalized spacial score (nSPS) is 15.2. The van der Waals surface area contributed by atoms with E-state index in [-0.39, 0.29) is 5.69 Å². The molecule has 1 aromatic carbocycles. The summed E-state index contributed by atoms with van der Waals surface area (Å²) in [4.78, 5) is 20.3. The van der Waals surface area contributed by atoms with Gasteiger partial charge in [0, 0.05) is 38.5 Å². The van der Waals surface area contributed by atoms with Crippen molar-refractivity contribution in [2.75, 3.05) is 25.2 Å². The van der Waals surface area contributed by atoms with E-state index < -0.39 is 5.92 Å². The number of nitrogens with zero attached hydrogens (tertiary/aromatic N) is 6. The van der Waals surface area contributed by atoms with E-state index in [1.807, 2.05) is 30.3 Å². The van der Waals surface area contributed by atoms with Crippen molar-refractivity contribution in [1.29, 1.82) is 0 Å². The molecule has 0 unspecified atom stereocenters. The number of fused-ring (bicyclic) bond motifs is 1. The van der Waals surface area contributed by atoms with Crippen LogP contribution in [0.2, 0.25) is 0 Å². The summed E-state index contributed by atoms with van der Waals surface area (Å²) in [6.45, 7) is 2.65. The van der Waals surface area contributed by atoms with Crippen molar-refractivity contribution in [3.63, 3.8) is 0 Å². The summed E-state index contributed by atoms with van der Waals surface area (Å²) in [6, 6.07) is 9.82. The standard InChI is InChI=1S/C28H28F2N6O2/c1-28(29,30)22-16-35(2)25(33-22)19-6-4-17(5-7-19)15-36-12-13-38-21-14-32-24(34-26(21)36)23-20(18-8-9-18)10-11-31-27(23)37-3/h4-7,10-11,14,16,18H,8-9,12-13,15H2,1-3H3. The van der Waals surface area contributed by atoms with Crippen molar-refractivity contribution in [2.45, 2.75) is 38.2 Å². The first-order valence-electron chi connectivity index (χ1n) is 12.6. The zero-order chi connectivity index (χ0) is 26.4. The van der Waals surface area contributed by atoms with Gasteiger partial charge in [0.25, 0.3) is 5.92 Å². The highest BCUT2D eigenvalue weighted by Crippen LogP contribution is 2.46. The van der Waals surface area contributed by atoms with Crippen LogP contribution in [0.4, 0.5) is 14.6 Å². The molecule has 10 heteroatoms. The van der Waals surface area contributed by atoms with Crippen LogP contribution in [0.1, 0.15) is 42.5 Å². The lowest BCUT2D eigenvalue weighted by atomic mass is 10.0. The van der Waals surface area contributed by atoms with Crippen molar-refractivity contribution < 1.29 is 18.3 Å². The smallest absolute Gasteiger partial charge is 0.288 e. The Labute approximate surface area is 219 Å². The molecule has 0 N–H and O–H groups in total. The molecule has 0 bridgehead atoms. The molecule has 196 valence electrons. The molecule has 1 aliphatic heterocycles. The first kappa shape index (κ1) is 24.3. The van der Waals surface area contributed by atoms with Gasteiger partial charge in [-0.15, -0.1) is 0 Å². The monoisotopic (exact) mass is 518 g/mol. The third kappa shape index (κ3) is 4.55. The minimum Gasteiger partial charge on any atom is -0.486 e. The first-order valence-corrected chi connectivity index (χ1v) is 12.6. The van der Waals surface area contributed by atoms with E-state index in [1.54, 1.807) is 31.1 Å². The summed E-state index contributed by atoms with van der Waals surface area (Å²) in [5.74, 6) is 0.432. The number of aromatic nitrogens is 5. The maximum absolute atomic E-state index is 13.7. The fraction of sp³-hybridized carbons (Fsp3) is 0.357. The van der Waals surface area contributed by atoms with E-state index in [0.717, 1.165) is 47.8 Å². The van der Waals surface area contributed by atoms with Crippen molar-refractivity contribution >= 4 is 5.82 Å². The molecule has 8 nitrogen and oxygen atoms in total. The Morgan fingerprint density at radius 1 is 1.11 bits per heavy atom. The third-order valence-electron chi connectivity index (χ3n) is 6.95. The number of imidazole rings is 1. The van der Waals surface area contributed by atoms with Gasteiger partial charge in [0.2, 0.25) is 5.88 Å². The number of halogens is 2. The number of ether oxygens (including phenoxy) is 2. The van der Waals surface area contributed by atoms with Crippen molar-refractivity contribution in [3.8, 4) is 34.4 Å². The van der Waals surface area contributed by atoms with Crippen LogP contribution < -0.4 is 14.4 Å². The molecule has 2 aliphatic rings. The average Bonchev–Trinajstić information content (AvgIpc) is 3.69. The van der Waals surface area contributed by atoms with Gasteiger partial charge in [-0.25, -0.2) is 19.9 Å². The van der Waals surface area contributed by atoms with E-state index in [4.69, 9.17) is 14.5 Å². The highest BCUT2D eigenvalue weighted by Gasteiger charge is 2.31. The summed E-state index contributed by atoms with van der Waals surface area (Å²) in [6.07, 6.45) is 7.13. The van der Waals surface area contributed by atoms with Gasteiger partial charge in [-0.1, -0.05) is 24.3 Å². The fourth-order valence-electron chi connectivity index (χ4n) is 4.83. The number of aryl methyl sites for hydroxylation is 1. The lowest BCUT2D eigenvalue weighted by Gasteiger charge is -2.30. The minimum atomic E-state index is -2.99. The largest absolute Gasteiger partial charge is 0.486 e. The quantitative estimate of drug-likeness (QED) is 0.327. The molecule has 0 radical (unpaired) electrons. The van der Waals surface area contributed by atoms with E-state index in [0.29, 0.717) is 48.9 Å². The zero-order valence-corrected chi connectivity index (χ0v) is 21.5. The third-order valence-corrected chi connectivity index (χ3v) is 6.95. The van der Waals surface area contributed by atoms with Crippen LogP contribution in [0, 0.1) is 0 Å². The van der Waals surface area contributed by atoms with Crippen LogP contribution in [-0.2, 0) is 19.5 Å². The first-order chi connectivity index (χ1) is 18.3. The van der Waals surface area contributed by atoms with Gasteiger partial charge >= 0.3 is 0 Å². The number of hydrogen-bond acceptors (Lipinski definition) is 7. The van der Waals surface area contributed by atoms with E-state index >= 15 is 0 Å². The molecule has 1 aliphatic carbocycles. The second kappa shape index (κ2) is 9.34. The zero-order valence-electron chi connectivity index (χ0n) is 21.5. The molecule has 38 heavy (non-hydrogen) atoms. The molecule has 1 fully saturated rings. The average molecular weight is 519 g/mol. The number of benzene rings is 1. The lowest BCUT2D eigenvalue weighted by molar-refractivity contribution is 0.0131. The predicted molar refractivity (Wildman–Crippen MR) is 139 cm³/mol. The van der Waals surface area contributed by atoms with Crippen molar-refractivity contribution in [2.24, 2.45) is 7.05 Å². The van der Waals surface area contributed by atoms with Gasteiger partial charge in [-0.2, -0.15) is 8.78 Å². The Balaban J connectivity index is 1.28. The molecule has 0 amide bonds. The Bertz CT molecular complexity index is 1480. The molecule has 6 rings (SSSR count). The number of alkyl halides is 2. The van der Waals surface area contributed by atoms with Gasteiger partial charge in [-0.3, -0.25) is 0 Å². The number of anilines is 1. The van der Waals surface area contributed by atoms with E-state index in [1.165, 1.54) is 6.20 Å². The Hall–Kier alpha value is -4.08. The molecular formula is C28H28F2N6O2. The maximum Gasteiger partial charge on any atom is 0.288 e. The van der Waals surface area contributed by atoms with Gasteiger partial charge in [0.15, 0.2) is 17.4 Å². The lowest BCUT2D eigenvalue weighted by Crippen LogP contribution is -2.33. The molecule has 0 spiro atoms. The Morgan fingerprint density at radius 3 is 2.58 bits per heavy atom. The highest BCUT2D eigenvalue weighted by atomic mass is 19.3. The maximum atomic E-state index is 13.7. The van der Waals surface area contributed by atoms with Gasteiger partial charge < -0.3 is 18.9 Å². The van der Waals surface area contributed by atoms with Crippen LogP contribution in [0.15, 0.2) is 48.9 Å². The summed E-state index contributed by atoms with van der Waals surface area (Å²) in [5.41, 5.74) is 3.58. The summed E-state index contributed by atoms with van der Waals surface area (Å²) in [5, 5.41) is 0. The number of methoxy groups -OCH3 is 1. The van der Waals surface area contributed by atoms with Crippen LogP contribution in [-0.4, -0.2) is 44.8 Å². The number of pyridine rings is 1. The molecule has 0 saturated heterocycles. The van der Waals surface area contributed by atoms with Gasteiger partial charge in [0.05, 0.1) is 25.4 Å². The van der Waals surface area contributed by atoms with Crippen LogP contribution in [0.3, 0.4) is 0 Å². The van der Waals surface area contributed by atoms with Crippen molar-refractivity contribution in [1.82, 2.24) is 24.5 Å². The second-order valence-electron chi connectivity index (χ2n) is 9.86. The topological polar surface area (TPSA) is 78.2 Å². The van der Waals surface area contributed by atoms with Gasteiger partial charge in [-0.05, 0) is 36.0 Å². The van der Waals surface area contributed by atoms with Crippen LogP contribution in [0.5, 0.6) is 11.6 Å². The fourth-order valence-corrected chi connectivity index (χ4v) is 4.83. The molecule has 0 atom stereocenters. The predicted octanol–water partition coefficient (Wildman–Crippen LogP) is 5.34. The van der Waals surface area contributed by atoms with Crippen molar-refractivity contribution in [3.05, 3.63) is 65.7 Å². The Kier molecular flexibility index (Phi) is 5.97. The SMILES string of the molecule is COc1nccc(C2CC2)c1-c1ncc2c(n1)N(Cc1ccc(-c3nc(C(C)(F)F)cn3C)cc1)CCO2. The minimum absolute atomic E-state index is 0.241. The van der Waals surface area contributed by atoms with E-state index in [2.05, 4.69) is 19.9 Å². The molecule has 4 heterocycles. The molecule has 1 saturated carbocycles. The van der Waals surface area contributed by atoms with E-state index in [9.17, 15) is 8.78 Å². The number of rotatable bonds is 7. The number of hydrogen-bond donors (Lipinski definition) is 0. The summed E-state index contributed by atoms with van der Waals surface area (Å²) >= 11 is 0. The second-order valence-corrected chi connectivity index (χ2v) is 9.86. The molecular weight excluding hydrogens is 490 g/mol. The highest BCUT2D eigenvalue weighted by molar-refractivity contribution is 5.70. The molecule has 4 aromatic rings. The van der Waals surface area contributed by atoms with Crippen LogP contribution in [0.25, 0.3) is 22.8 Å².